The van der Waals surface area contributed by atoms with Crippen molar-refractivity contribution in [3.8, 4) is 0 Å². The molecule has 0 aliphatic rings. The van der Waals surface area contributed by atoms with Gasteiger partial charge in [0.2, 0.25) is 0 Å². The lowest BCUT2D eigenvalue weighted by Crippen LogP contribution is -2.51. The van der Waals surface area contributed by atoms with E-state index in [1.54, 1.807) is 20.8 Å². The fourth-order valence-electron chi connectivity index (χ4n) is 1.95. The summed E-state index contributed by atoms with van der Waals surface area (Å²) >= 11 is 3.13. The van der Waals surface area contributed by atoms with Crippen molar-refractivity contribution in [3.63, 3.8) is 0 Å². The van der Waals surface area contributed by atoms with Crippen molar-refractivity contribution in [2.45, 2.75) is 43.8 Å². The SMILES string of the molecule is CC(C)(C)[S@@](=O)C[C@](C)(c1cc(Br)ccc1F)C(F)(F)CO. The predicted molar refractivity (Wildman–Crippen MR) is 86.2 cm³/mol. The highest BCUT2D eigenvalue weighted by Gasteiger charge is 2.53. The number of hydrogen-bond acceptors (Lipinski definition) is 2. The van der Waals surface area contributed by atoms with E-state index in [1.807, 2.05) is 0 Å². The van der Waals surface area contributed by atoms with Crippen molar-refractivity contribution in [3.05, 3.63) is 34.1 Å². The van der Waals surface area contributed by atoms with E-state index in [0.717, 1.165) is 13.0 Å². The maximum absolute atomic E-state index is 14.4. The predicted octanol–water partition coefficient (Wildman–Crippen LogP) is 4.02. The Labute approximate surface area is 139 Å². The van der Waals surface area contributed by atoms with Gasteiger partial charge in [0.1, 0.15) is 12.4 Å². The molecule has 0 aliphatic carbocycles. The maximum atomic E-state index is 14.4. The summed E-state index contributed by atoms with van der Waals surface area (Å²) in [6.45, 7) is 4.68. The molecule has 0 fully saturated rings. The van der Waals surface area contributed by atoms with E-state index in [2.05, 4.69) is 15.9 Å². The number of hydrogen-bond donors (Lipinski definition) is 1. The van der Waals surface area contributed by atoms with Crippen LogP contribution in [-0.2, 0) is 16.2 Å². The third-order valence-electron chi connectivity index (χ3n) is 3.63. The molecule has 0 spiro atoms. The Balaban J connectivity index is 3.48. The molecule has 22 heavy (non-hydrogen) atoms. The number of aliphatic hydroxyl groups is 1. The summed E-state index contributed by atoms with van der Waals surface area (Å²) < 4.78 is 55.0. The van der Waals surface area contributed by atoms with Crippen LogP contribution >= 0.6 is 15.9 Å². The Morgan fingerprint density at radius 1 is 1.23 bits per heavy atom. The highest BCUT2D eigenvalue weighted by molar-refractivity contribution is 9.10. The number of alkyl halides is 2. The van der Waals surface area contributed by atoms with Crippen LogP contribution in [0.5, 0.6) is 0 Å². The van der Waals surface area contributed by atoms with Gasteiger partial charge in [0.05, 0.1) is 5.41 Å². The topological polar surface area (TPSA) is 37.3 Å². The standard InChI is InChI=1S/C15H20BrF3O2S/c1-13(2,3)22(21)9-14(4,15(18,19)8-20)11-7-10(16)5-6-12(11)17/h5-7,20H,8-9H2,1-4H3/t14-,22+/m1/s1. The summed E-state index contributed by atoms with van der Waals surface area (Å²) in [7, 11) is -1.64. The van der Waals surface area contributed by atoms with Gasteiger partial charge in [0.25, 0.3) is 5.92 Å². The smallest absolute Gasteiger partial charge is 0.280 e. The quantitative estimate of drug-likeness (QED) is 0.810. The van der Waals surface area contributed by atoms with Crippen molar-refractivity contribution in [2.24, 2.45) is 0 Å². The van der Waals surface area contributed by atoms with E-state index >= 15 is 0 Å². The molecule has 0 saturated carbocycles. The molecule has 0 aliphatic heterocycles. The average Bonchev–Trinajstić information content (AvgIpc) is 2.39. The Morgan fingerprint density at radius 3 is 2.23 bits per heavy atom. The van der Waals surface area contributed by atoms with Crippen LogP contribution in [0.4, 0.5) is 13.2 Å². The fourth-order valence-corrected chi connectivity index (χ4v) is 3.64. The van der Waals surface area contributed by atoms with E-state index in [9.17, 15) is 17.4 Å². The van der Waals surface area contributed by atoms with Gasteiger partial charge in [-0.2, -0.15) is 0 Å². The van der Waals surface area contributed by atoms with Gasteiger partial charge < -0.3 is 5.11 Å². The summed E-state index contributed by atoms with van der Waals surface area (Å²) in [6, 6.07) is 3.72. The van der Waals surface area contributed by atoms with Gasteiger partial charge in [-0.05, 0) is 45.9 Å². The number of halogens is 4. The molecule has 2 nitrogen and oxygen atoms in total. The monoisotopic (exact) mass is 400 g/mol. The minimum Gasteiger partial charge on any atom is -0.390 e. The van der Waals surface area contributed by atoms with E-state index < -0.39 is 45.1 Å². The van der Waals surface area contributed by atoms with Gasteiger partial charge in [-0.1, -0.05) is 15.9 Å². The minimum atomic E-state index is -3.62. The average molecular weight is 401 g/mol. The zero-order chi connectivity index (χ0) is 17.3. The molecular formula is C15H20BrF3O2S. The second kappa shape index (κ2) is 6.61. The summed E-state index contributed by atoms with van der Waals surface area (Å²) in [6.07, 6.45) is 0. The minimum absolute atomic E-state index is 0.265. The molecule has 0 aromatic heterocycles. The Morgan fingerprint density at radius 2 is 1.77 bits per heavy atom. The molecule has 1 aromatic rings. The van der Waals surface area contributed by atoms with Crippen molar-refractivity contribution < 1.29 is 22.5 Å². The molecule has 0 unspecified atom stereocenters. The normalized spacial score (nSPS) is 17.1. The number of aliphatic hydroxyl groups excluding tert-OH is 1. The van der Waals surface area contributed by atoms with Crippen LogP contribution in [0.15, 0.2) is 22.7 Å². The van der Waals surface area contributed by atoms with Gasteiger partial charge in [-0.15, -0.1) is 0 Å². The van der Waals surface area contributed by atoms with Crippen molar-refractivity contribution in [1.29, 1.82) is 0 Å². The Bertz CT molecular complexity index is 572. The number of rotatable bonds is 5. The molecule has 0 bridgehead atoms. The summed E-state index contributed by atoms with van der Waals surface area (Å²) in [5, 5.41) is 9.08. The van der Waals surface area contributed by atoms with Crippen LogP contribution in [0, 0.1) is 5.82 Å². The van der Waals surface area contributed by atoms with Crippen LogP contribution in [0.3, 0.4) is 0 Å². The molecule has 1 aromatic carbocycles. The molecule has 126 valence electrons. The zero-order valence-electron chi connectivity index (χ0n) is 12.9. The van der Waals surface area contributed by atoms with Crippen LogP contribution in [0.2, 0.25) is 0 Å². The van der Waals surface area contributed by atoms with Crippen LogP contribution in [0.1, 0.15) is 33.3 Å². The highest BCUT2D eigenvalue weighted by Crippen LogP contribution is 2.43. The first-order chi connectivity index (χ1) is 9.85. The Kier molecular flexibility index (Phi) is 5.90. The summed E-state index contributed by atoms with van der Waals surface area (Å²) in [5.41, 5.74) is -2.35. The first kappa shape index (κ1) is 19.6. The Hall–Kier alpha value is -0.400. The molecule has 2 atom stereocenters. The first-order valence-corrected chi connectivity index (χ1v) is 8.79. The van der Waals surface area contributed by atoms with E-state index in [1.165, 1.54) is 12.1 Å². The second-order valence-electron chi connectivity index (χ2n) is 6.42. The maximum Gasteiger partial charge on any atom is 0.280 e. The van der Waals surface area contributed by atoms with E-state index in [-0.39, 0.29) is 5.56 Å². The summed E-state index contributed by atoms with van der Waals surface area (Å²) in [5.74, 6) is -4.89. The van der Waals surface area contributed by atoms with E-state index in [4.69, 9.17) is 5.11 Å². The molecular weight excluding hydrogens is 381 g/mol. The number of benzene rings is 1. The molecule has 0 amide bonds. The largest absolute Gasteiger partial charge is 0.390 e. The first-order valence-electron chi connectivity index (χ1n) is 6.68. The lowest BCUT2D eigenvalue weighted by atomic mass is 9.78. The molecule has 0 saturated heterocycles. The second-order valence-corrected chi connectivity index (χ2v) is 9.54. The van der Waals surface area contributed by atoms with Gasteiger partial charge in [0, 0.05) is 31.3 Å². The molecule has 0 radical (unpaired) electrons. The van der Waals surface area contributed by atoms with Crippen LogP contribution in [-0.4, -0.2) is 32.3 Å². The lowest BCUT2D eigenvalue weighted by Gasteiger charge is -2.38. The van der Waals surface area contributed by atoms with Gasteiger partial charge in [0.15, 0.2) is 0 Å². The van der Waals surface area contributed by atoms with Crippen LogP contribution in [0.25, 0.3) is 0 Å². The third-order valence-corrected chi connectivity index (χ3v) is 6.33. The van der Waals surface area contributed by atoms with E-state index in [0.29, 0.717) is 4.47 Å². The van der Waals surface area contributed by atoms with Crippen molar-refractivity contribution in [1.82, 2.24) is 0 Å². The highest BCUT2D eigenvalue weighted by atomic mass is 79.9. The molecule has 0 heterocycles. The zero-order valence-corrected chi connectivity index (χ0v) is 15.3. The lowest BCUT2D eigenvalue weighted by molar-refractivity contribution is -0.103. The molecule has 7 heteroatoms. The molecule has 1 N–H and O–H groups in total. The van der Waals surface area contributed by atoms with Crippen molar-refractivity contribution in [2.75, 3.05) is 12.4 Å². The van der Waals surface area contributed by atoms with Gasteiger partial charge in [-0.25, -0.2) is 13.2 Å². The van der Waals surface area contributed by atoms with Crippen LogP contribution < -0.4 is 0 Å². The molecule has 1 rings (SSSR count). The summed E-state index contributed by atoms with van der Waals surface area (Å²) in [4.78, 5) is 0. The van der Waals surface area contributed by atoms with Gasteiger partial charge in [-0.3, -0.25) is 4.21 Å². The van der Waals surface area contributed by atoms with Gasteiger partial charge >= 0.3 is 0 Å². The fraction of sp³-hybridized carbons (Fsp3) is 0.600. The third kappa shape index (κ3) is 3.92. The van der Waals surface area contributed by atoms with Crippen molar-refractivity contribution >= 4 is 26.7 Å².